The number of ether oxygens (including phenoxy) is 2. The largest absolute Gasteiger partial charge is 0.503 e. The highest BCUT2D eigenvalue weighted by Crippen LogP contribution is 2.42. The number of aliphatic hydroxyl groups excluding tert-OH is 1. The van der Waals surface area contributed by atoms with Crippen LogP contribution in [0.3, 0.4) is 0 Å². The van der Waals surface area contributed by atoms with E-state index < -0.39 is 17.7 Å². The van der Waals surface area contributed by atoms with E-state index in [0.717, 1.165) is 0 Å². The molecule has 2 aromatic heterocycles. The summed E-state index contributed by atoms with van der Waals surface area (Å²) in [4.78, 5) is 28.2. The number of carbonyl (C=O) groups is 2. The first-order chi connectivity index (χ1) is 15.5. The first-order valence-corrected chi connectivity index (χ1v) is 11.2. The van der Waals surface area contributed by atoms with E-state index in [1.807, 2.05) is 13.8 Å². The summed E-state index contributed by atoms with van der Waals surface area (Å²) in [5.41, 5.74) is 0.663. The van der Waals surface area contributed by atoms with Crippen LogP contribution in [0.4, 0.5) is 0 Å². The Morgan fingerprint density at radius 1 is 1.12 bits per heavy atom. The van der Waals surface area contributed by atoms with E-state index >= 15 is 0 Å². The van der Waals surface area contributed by atoms with E-state index in [-0.39, 0.29) is 17.9 Å². The van der Waals surface area contributed by atoms with Crippen molar-refractivity contribution >= 4 is 23.0 Å². The quantitative estimate of drug-likeness (QED) is 0.463. The fraction of sp³-hybridized carbons (Fsp3) is 0.250. The molecule has 7 nitrogen and oxygen atoms in total. The van der Waals surface area contributed by atoms with Gasteiger partial charge >= 0.3 is 0 Å². The van der Waals surface area contributed by atoms with Crippen molar-refractivity contribution in [3.63, 3.8) is 0 Å². The third kappa shape index (κ3) is 4.01. The summed E-state index contributed by atoms with van der Waals surface area (Å²) < 4.78 is 16.8. The number of amides is 1. The summed E-state index contributed by atoms with van der Waals surface area (Å²) in [6, 6.07) is 11.4. The molecule has 0 bridgehead atoms. The Balaban J connectivity index is 1.81. The molecule has 1 aliphatic heterocycles. The van der Waals surface area contributed by atoms with Crippen molar-refractivity contribution in [3.05, 3.63) is 81.6 Å². The number of benzene rings is 1. The van der Waals surface area contributed by atoms with Crippen LogP contribution < -0.4 is 9.47 Å². The first kappa shape index (κ1) is 21.7. The van der Waals surface area contributed by atoms with Crippen LogP contribution >= 0.6 is 11.3 Å². The molecular formula is C24H23NO6S. The van der Waals surface area contributed by atoms with Gasteiger partial charge in [0.05, 0.1) is 42.5 Å². The lowest BCUT2D eigenvalue weighted by molar-refractivity contribution is -0.130. The third-order valence-corrected chi connectivity index (χ3v) is 5.95. The van der Waals surface area contributed by atoms with Gasteiger partial charge in [-0.15, -0.1) is 11.3 Å². The Bertz CT molecular complexity index is 1130. The Hall–Kier alpha value is -3.52. The minimum atomic E-state index is -0.808. The van der Waals surface area contributed by atoms with Crippen LogP contribution in [0, 0.1) is 0 Å². The average Bonchev–Trinajstić information content (AvgIpc) is 3.54. The summed E-state index contributed by atoms with van der Waals surface area (Å²) in [5, 5.41) is 12.5. The molecule has 1 aliphatic rings. The van der Waals surface area contributed by atoms with Gasteiger partial charge in [0.2, 0.25) is 5.78 Å². The molecular weight excluding hydrogens is 430 g/mol. The fourth-order valence-corrected chi connectivity index (χ4v) is 4.42. The van der Waals surface area contributed by atoms with E-state index in [1.165, 1.54) is 22.5 Å². The molecule has 32 heavy (non-hydrogen) atoms. The SMILES string of the molecule is CCOc1ccc(C2C(C(=O)c3cccs3)=C(O)C(=O)N2Cc2ccco2)cc1OCC. The van der Waals surface area contributed by atoms with Gasteiger partial charge < -0.3 is 23.9 Å². The normalized spacial score (nSPS) is 16.0. The van der Waals surface area contributed by atoms with Crippen molar-refractivity contribution in [2.45, 2.75) is 26.4 Å². The predicted octanol–water partition coefficient (Wildman–Crippen LogP) is 4.92. The molecule has 1 atom stereocenters. The molecule has 0 spiro atoms. The van der Waals surface area contributed by atoms with Crippen molar-refractivity contribution in [2.75, 3.05) is 13.2 Å². The van der Waals surface area contributed by atoms with Gasteiger partial charge in [-0.25, -0.2) is 0 Å². The molecule has 166 valence electrons. The highest BCUT2D eigenvalue weighted by Gasteiger charge is 2.44. The fourth-order valence-electron chi connectivity index (χ4n) is 3.74. The van der Waals surface area contributed by atoms with Gasteiger partial charge in [-0.05, 0) is 55.1 Å². The highest BCUT2D eigenvalue weighted by molar-refractivity contribution is 7.12. The summed E-state index contributed by atoms with van der Waals surface area (Å²) in [7, 11) is 0. The predicted molar refractivity (Wildman–Crippen MR) is 119 cm³/mol. The summed E-state index contributed by atoms with van der Waals surface area (Å²) in [6.07, 6.45) is 1.51. The molecule has 0 aliphatic carbocycles. The van der Waals surface area contributed by atoms with E-state index in [1.54, 1.807) is 47.8 Å². The van der Waals surface area contributed by atoms with Gasteiger partial charge in [0, 0.05) is 0 Å². The number of carbonyl (C=O) groups excluding carboxylic acids is 2. The molecule has 0 radical (unpaired) electrons. The number of aliphatic hydroxyl groups is 1. The maximum Gasteiger partial charge on any atom is 0.290 e. The Morgan fingerprint density at radius 2 is 1.91 bits per heavy atom. The molecule has 0 saturated carbocycles. The second kappa shape index (κ2) is 9.32. The number of Topliss-reactive ketones (excluding diaryl/α,β-unsaturated/α-hetero) is 1. The average molecular weight is 454 g/mol. The Labute approximate surface area is 189 Å². The monoisotopic (exact) mass is 453 g/mol. The van der Waals surface area contributed by atoms with Crippen LogP contribution in [-0.2, 0) is 11.3 Å². The van der Waals surface area contributed by atoms with Crippen LogP contribution in [-0.4, -0.2) is 34.9 Å². The third-order valence-electron chi connectivity index (χ3n) is 5.08. The lowest BCUT2D eigenvalue weighted by atomic mass is 9.95. The van der Waals surface area contributed by atoms with Gasteiger partial charge in [-0.3, -0.25) is 9.59 Å². The molecule has 0 fully saturated rings. The molecule has 4 rings (SSSR count). The standard InChI is InChI=1S/C24H23NO6S/c1-3-29-17-10-9-15(13-18(17)30-4-2)21-20(22(26)19-8-6-12-32-19)23(27)24(28)25(21)14-16-7-5-11-31-16/h5-13,21,27H,3-4,14H2,1-2H3. The smallest absolute Gasteiger partial charge is 0.290 e. The zero-order valence-electron chi connectivity index (χ0n) is 17.7. The molecule has 1 unspecified atom stereocenters. The van der Waals surface area contributed by atoms with Crippen LogP contribution in [0.1, 0.15) is 40.9 Å². The highest BCUT2D eigenvalue weighted by atomic mass is 32.1. The zero-order chi connectivity index (χ0) is 22.7. The number of nitrogens with zero attached hydrogens (tertiary/aromatic N) is 1. The molecule has 3 heterocycles. The number of rotatable bonds is 9. The molecule has 8 heteroatoms. The second-order valence-corrected chi connectivity index (χ2v) is 8.00. The van der Waals surface area contributed by atoms with E-state index in [0.29, 0.717) is 40.9 Å². The van der Waals surface area contributed by atoms with Gasteiger partial charge in [0.25, 0.3) is 5.91 Å². The van der Waals surface area contributed by atoms with Crippen molar-refractivity contribution in [1.82, 2.24) is 4.90 Å². The maximum absolute atomic E-state index is 13.3. The summed E-state index contributed by atoms with van der Waals surface area (Å²) >= 11 is 1.26. The number of hydrogen-bond donors (Lipinski definition) is 1. The Kier molecular flexibility index (Phi) is 6.32. The minimum absolute atomic E-state index is 0.0376. The molecule has 1 aromatic carbocycles. The van der Waals surface area contributed by atoms with Crippen LogP contribution in [0.2, 0.25) is 0 Å². The lowest BCUT2D eigenvalue weighted by Crippen LogP contribution is -2.30. The molecule has 1 N–H and O–H groups in total. The molecule has 0 saturated heterocycles. The minimum Gasteiger partial charge on any atom is -0.503 e. The van der Waals surface area contributed by atoms with Crippen molar-refractivity contribution in [3.8, 4) is 11.5 Å². The van der Waals surface area contributed by atoms with E-state index in [2.05, 4.69) is 0 Å². The summed E-state index contributed by atoms with van der Waals surface area (Å²) in [5.74, 6) is 0.0532. The number of hydrogen-bond acceptors (Lipinski definition) is 7. The van der Waals surface area contributed by atoms with Crippen LogP contribution in [0.25, 0.3) is 0 Å². The van der Waals surface area contributed by atoms with Crippen LogP contribution in [0.5, 0.6) is 11.5 Å². The van der Waals surface area contributed by atoms with Gasteiger partial charge in [0.1, 0.15) is 5.76 Å². The second-order valence-electron chi connectivity index (χ2n) is 7.06. The Morgan fingerprint density at radius 3 is 2.56 bits per heavy atom. The molecule has 1 amide bonds. The lowest BCUT2D eigenvalue weighted by Gasteiger charge is -2.26. The van der Waals surface area contributed by atoms with Gasteiger partial charge in [-0.2, -0.15) is 0 Å². The maximum atomic E-state index is 13.3. The molecule has 3 aromatic rings. The zero-order valence-corrected chi connectivity index (χ0v) is 18.6. The van der Waals surface area contributed by atoms with E-state index in [9.17, 15) is 14.7 Å². The topological polar surface area (TPSA) is 89.2 Å². The van der Waals surface area contributed by atoms with Crippen molar-refractivity contribution < 1.29 is 28.6 Å². The number of ketones is 1. The van der Waals surface area contributed by atoms with Crippen molar-refractivity contribution in [1.29, 1.82) is 0 Å². The van der Waals surface area contributed by atoms with Gasteiger partial charge in [-0.1, -0.05) is 12.1 Å². The van der Waals surface area contributed by atoms with Gasteiger partial charge in [0.15, 0.2) is 17.3 Å². The number of thiophene rings is 1. The number of furan rings is 1. The first-order valence-electron chi connectivity index (χ1n) is 10.3. The van der Waals surface area contributed by atoms with Crippen molar-refractivity contribution in [2.24, 2.45) is 0 Å². The van der Waals surface area contributed by atoms with E-state index in [4.69, 9.17) is 13.9 Å². The van der Waals surface area contributed by atoms with Crippen LogP contribution in [0.15, 0.2) is 69.9 Å². The summed E-state index contributed by atoms with van der Waals surface area (Å²) in [6.45, 7) is 4.73.